The zero-order valence-corrected chi connectivity index (χ0v) is 63.9. The number of phenols is 1. The van der Waals surface area contributed by atoms with Gasteiger partial charge in [-0.2, -0.15) is 25.3 Å². The van der Waals surface area contributed by atoms with Crippen LogP contribution < -0.4 is 86.7 Å². The van der Waals surface area contributed by atoms with Crippen LogP contribution in [-0.2, 0) is 97.6 Å². The smallest absolute Gasteiger partial charge is 0.327 e. The number of aliphatic carboxylic acids is 1. The highest BCUT2D eigenvalue weighted by Crippen LogP contribution is 2.21. The van der Waals surface area contributed by atoms with E-state index in [4.69, 9.17) is 22.9 Å². The van der Waals surface area contributed by atoms with Crippen molar-refractivity contribution in [2.24, 2.45) is 34.8 Å². The summed E-state index contributed by atoms with van der Waals surface area (Å²) in [7, 11) is 0. The van der Waals surface area contributed by atoms with Gasteiger partial charge in [0.05, 0.1) is 44.1 Å². The van der Waals surface area contributed by atoms with E-state index >= 15 is 0 Å². The molecule has 0 radical (unpaired) electrons. The summed E-state index contributed by atoms with van der Waals surface area (Å²) in [6.07, 6.45) is 1.71. The number of aromatic nitrogens is 3. The number of rotatable bonds is 48. The molecule has 2 heterocycles. The van der Waals surface area contributed by atoms with Crippen molar-refractivity contribution in [1.82, 2.24) is 78.8 Å². The number of carbonyl (C=O) groups excluding carboxylic acids is 14. The Morgan fingerprint density at radius 1 is 0.473 bits per heavy atom. The molecule has 112 heavy (non-hydrogen) atoms. The first-order chi connectivity index (χ1) is 53.2. The largest absolute Gasteiger partial charge is 0.508 e. The number of primary amides is 2. The molecular formula is C72H101N19O19S2. The van der Waals surface area contributed by atoms with Gasteiger partial charge in [0.2, 0.25) is 82.7 Å². The zero-order valence-electron chi connectivity index (χ0n) is 62.1. The van der Waals surface area contributed by atoms with Crippen LogP contribution in [0.1, 0.15) is 88.6 Å². The fourth-order valence-corrected chi connectivity index (χ4v) is 11.8. The van der Waals surface area contributed by atoms with Crippen LogP contribution in [0.2, 0.25) is 0 Å². The van der Waals surface area contributed by atoms with Gasteiger partial charge in [0, 0.05) is 60.5 Å². The molecule has 0 aliphatic carbocycles. The zero-order chi connectivity index (χ0) is 82.9. The average Bonchev–Trinajstić information content (AvgIpc) is 1.64. The number of phenolic OH excluding ortho intramolecular Hbond substituents is 1. The number of hydrogen-bond donors (Lipinski definition) is 24. The van der Waals surface area contributed by atoms with Crippen molar-refractivity contribution in [3.8, 4) is 5.75 Å². The van der Waals surface area contributed by atoms with E-state index in [1.165, 1.54) is 36.8 Å². The van der Waals surface area contributed by atoms with Crippen LogP contribution in [0.4, 0.5) is 0 Å². The van der Waals surface area contributed by atoms with Crippen LogP contribution in [0, 0.1) is 11.8 Å². The van der Waals surface area contributed by atoms with E-state index in [1.807, 2.05) is 0 Å². The Morgan fingerprint density at radius 2 is 0.902 bits per heavy atom. The number of H-pyrrole nitrogens is 2. The summed E-state index contributed by atoms with van der Waals surface area (Å²) in [5.74, 6) is -18.3. The Morgan fingerprint density at radius 3 is 1.39 bits per heavy atom. The van der Waals surface area contributed by atoms with Gasteiger partial charge in [-0.25, -0.2) is 9.78 Å². The van der Waals surface area contributed by atoms with Crippen LogP contribution in [0.5, 0.6) is 5.75 Å². The van der Waals surface area contributed by atoms with Crippen molar-refractivity contribution in [2.75, 3.05) is 31.3 Å². The maximum Gasteiger partial charge on any atom is 0.327 e. The molecule has 14 atom stereocenters. The van der Waals surface area contributed by atoms with E-state index in [9.17, 15) is 92.3 Å². The van der Waals surface area contributed by atoms with Crippen LogP contribution in [-0.4, -0.2) is 234 Å². The molecular weight excluding hydrogens is 1500 g/mol. The van der Waals surface area contributed by atoms with Crippen molar-refractivity contribution in [3.05, 3.63) is 120 Å². The maximum absolute atomic E-state index is 14.9. The molecule has 3 aromatic carbocycles. The number of carbonyl (C=O) groups is 15. The number of nitrogens with zero attached hydrogens (tertiary/aromatic N) is 1. The number of para-hydroxylation sites is 1. The van der Waals surface area contributed by atoms with Crippen LogP contribution in [0.3, 0.4) is 0 Å². The highest BCUT2D eigenvalue weighted by atomic mass is 32.1. The summed E-state index contributed by atoms with van der Waals surface area (Å²) in [6, 6.07) is -0.578. The van der Waals surface area contributed by atoms with E-state index in [-0.39, 0.29) is 80.9 Å². The number of aromatic amines is 2. The molecule has 0 fully saturated rings. The van der Waals surface area contributed by atoms with Gasteiger partial charge >= 0.3 is 5.97 Å². The Hall–Kier alpha value is -11.2. The lowest BCUT2D eigenvalue weighted by molar-refractivity contribution is -0.141. The minimum absolute atomic E-state index is 0.0761. The van der Waals surface area contributed by atoms with Gasteiger partial charge in [-0.1, -0.05) is 94.8 Å². The standard InChI is InChI=1S/C72H101N19O19S2/c1-5-37(4)59(71(108)86-50(26-41-30-77-35-79-41)65(102)83-49(64(101)89-55(34-112)72(109)110)25-40-29-78-45-16-10-9-15-43(40)45)91-67(104)52(28-57(76)96)85-68(105)53(31-92)87-63(100)47(23-38-13-7-6-8-14-38)82-62(99)48(24-39-18-20-42(94)21-19-39)81-61(98)46(17-11-12-22-73)80-66(103)51(27-56(75)95)84-69(106)54(32-93)88-70(107)58(36(2)3)90-60(97)44(74)33-111/h6-10,13-16,18-21,29-30,35-37,44,46-55,58-59,78,92-94,111-112H,5,11-12,17,22-28,31-34,73-74H2,1-4H3,(H2,75,95)(H2,76,96)(H,77,79)(H,80,103)(H,81,98)(H,82,99)(H,83,102)(H,84,106)(H,85,105)(H,86,108)(H,87,100)(H,88,107)(H,89,101)(H,90,97)(H,91,104)(H,109,110). The van der Waals surface area contributed by atoms with Crippen molar-refractivity contribution in [1.29, 1.82) is 0 Å². The monoisotopic (exact) mass is 1600 g/mol. The molecule has 5 rings (SSSR count). The van der Waals surface area contributed by atoms with E-state index in [0.717, 1.165) is 0 Å². The van der Waals surface area contributed by atoms with E-state index in [0.29, 0.717) is 27.6 Å². The molecule has 2 aromatic heterocycles. The van der Waals surface area contributed by atoms with Gasteiger partial charge in [0.15, 0.2) is 0 Å². The van der Waals surface area contributed by atoms with Crippen LogP contribution in [0.25, 0.3) is 10.9 Å². The number of imidazole rings is 1. The van der Waals surface area contributed by atoms with Gasteiger partial charge in [-0.3, -0.25) is 67.1 Å². The van der Waals surface area contributed by atoms with Gasteiger partial charge in [-0.15, -0.1) is 0 Å². The van der Waals surface area contributed by atoms with Gasteiger partial charge in [0.1, 0.15) is 78.3 Å². The molecule has 0 saturated carbocycles. The topological polar surface area (TPSA) is 630 Å². The molecule has 0 aliphatic rings. The first-order valence-electron chi connectivity index (χ1n) is 35.9. The molecule has 610 valence electrons. The SMILES string of the molecule is CCC(C)C(NC(=O)C(CC(N)=O)NC(=O)C(CO)NC(=O)C(Cc1ccccc1)NC(=O)C(Cc1ccc(O)cc1)NC(=O)C(CCCCN)NC(=O)C(CC(N)=O)NC(=O)C(CO)NC(=O)C(NC(=O)C(N)CS)C(C)C)C(=O)NC(Cc1c[nH]cn1)C(=O)NC(Cc1c[nH]c2ccccc12)C(=O)NC(CS)C(=O)O. The molecule has 26 N–H and O–H groups in total. The first kappa shape index (κ1) is 91.4. The number of benzene rings is 3. The summed E-state index contributed by atoms with van der Waals surface area (Å²) in [6.45, 7) is 4.22. The molecule has 0 spiro atoms. The minimum Gasteiger partial charge on any atom is -0.508 e. The summed E-state index contributed by atoms with van der Waals surface area (Å²) >= 11 is 8.06. The van der Waals surface area contributed by atoms with Crippen molar-refractivity contribution < 1.29 is 92.3 Å². The third-order valence-corrected chi connectivity index (χ3v) is 18.7. The molecule has 40 heteroatoms. The number of thiol groups is 2. The van der Waals surface area contributed by atoms with Crippen molar-refractivity contribution >= 4 is 125 Å². The summed E-state index contributed by atoms with van der Waals surface area (Å²) in [5, 5.41) is 71.1. The second-order valence-electron chi connectivity index (χ2n) is 26.9. The number of unbranched alkanes of at least 4 members (excludes halogenated alkanes) is 1. The number of aromatic hydroxyl groups is 1. The van der Waals surface area contributed by atoms with E-state index < -0.39 is 205 Å². The molecule has 5 aromatic rings. The summed E-state index contributed by atoms with van der Waals surface area (Å²) in [5.41, 5.74) is 24.9. The minimum atomic E-state index is -1.99. The lowest BCUT2D eigenvalue weighted by Gasteiger charge is -2.29. The number of fused-ring (bicyclic) bond motifs is 1. The fourth-order valence-electron chi connectivity index (χ4n) is 11.4. The van der Waals surface area contributed by atoms with Crippen molar-refractivity contribution in [2.45, 2.75) is 170 Å². The molecule has 0 bridgehead atoms. The van der Waals surface area contributed by atoms with Gasteiger partial charge < -0.3 is 117 Å². The maximum atomic E-state index is 14.9. The molecule has 0 saturated heterocycles. The molecule has 0 aliphatic heterocycles. The summed E-state index contributed by atoms with van der Waals surface area (Å²) < 4.78 is 0. The lowest BCUT2D eigenvalue weighted by Crippen LogP contribution is -2.62. The van der Waals surface area contributed by atoms with Gasteiger partial charge in [-0.05, 0) is 72.5 Å². The fraction of sp³-hybridized carbons (Fsp3) is 0.472. The Labute approximate surface area is 655 Å². The Balaban J connectivity index is 1.40. The first-order valence-corrected chi connectivity index (χ1v) is 37.2. The Bertz CT molecular complexity index is 4040. The lowest BCUT2D eigenvalue weighted by atomic mass is 9.96. The predicted molar refractivity (Wildman–Crippen MR) is 412 cm³/mol. The number of hydrogen-bond acceptors (Lipinski definition) is 23. The number of amides is 14. The average molecular weight is 1600 g/mol. The van der Waals surface area contributed by atoms with Crippen LogP contribution in [0.15, 0.2) is 97.6 Å². The molecule has 38 nitrogen and oxygen atoms in total. The number of carboxylic acid groups (broad SMARTS) is 1. The number of aliphatic hydroxyl groups is 2. The number of carboxylic acids is 1. The molecule has 14 unspecified atom stereocenters. The second kappa shape index (κ2) is 45.8. The highest BCUT2D eigenvalue weighted by molar-refractivity contribution is 7.80. The number of nitrogens with two attached hydrogens (primary N) is 4. The highest BCUT2D eigenvalue weighted by Gasteiger charge is 2.39. The summed E-state index contributed by atoms with van der Waals surface area (Å²) in [4.78, 5) is 217. The third kappa shape index (κ3) is 28.9. The Kier molecular flexibility index (Phi) is 37.4. The molecule has 14 amide bonds. The second-order valence-corrected chi connectivity index (χ2v) is 27.6. The normalized spacial score (nSPS) is 15.0. The third-order valence-electron chi connectivity index (χ3n) is 17.9. The quantitative estimate of drug-likeness (QED) is 0.0128. The predicted octanol–water partition coefficient (Wildman–Crippen LogP) is -5.48. The van der Waals surface area contributed by atoms with Gasteiger partial charge in [0.25, 0.3) is 0 Å². The van der Waals surface area contributed by atoms with Crippen LogP contribution >= 0.6 is 25.3 Å². The van der Waals surface area contributed by atoms with E-state index in [1.54, 1.807) is 88.5 Å². The van der Waals surface area contributed by atoms with Crippen molar-refractivity contribution in [3.63, 3.8) is 0 Å². The number of nitrogens with one attached hydrogen (secondary N) is 14. The van der Waals surface area contributed by atoms with E-state index in [2.05, 4.69) is 104 Å². The number of aliphatic hydroxyl groups excluding tert-OH is 2.